The van der Waals surface area contributed by atoms with Gasteiger partial charge in [0, 0.05) is 12.1 Å². The molecule has 3 aliphatic rings. The number of aliphatic hydroxyl groups is 1. The van der Waals surface area contributed by atoms with Crippen LogP contribution in [0.3, 0.4) is 0 Å². The van der Waals surface area contributed by atoms with Crippen molar-refractivity contribution in [1.29, 1.82) is 0 Å². The Bertz CT molecular complexity index is 1200. The molecule has 5 rings (SSSR count). The molecule has 2 heterocycles. The van der Waals surface area contributed by atoms with Crippen LogP contribution in [0, 0.1) is 5.92 Å². The fourth-order valence-corrected chi connectivity index (χ4v) is 5.06. The summed E-state index contributed by atoms with van der Waals surface area (Å²) in [6.07, 6.45) is 17.2. The molecule has 164 valence electrons. The maximum absolute atomic E-state index is 11.1. The van der Waals surface area contributed by atoms with Crippen molar-refractivity contribution in [3.05, 3.63) is 87.6 Å². The average molecular weight is 426 g/mol. The van der Waals surface area contributed by atoms with Crippen LogP contribution < -0.4 is 16.3 Å². The SMILES string of the molecule is Nc1c2c(nc3c1=C(O)C(=CCC1CCN(Cc4ccccc4)CC1)CC3)=CC=CC=C2. The van der Waals surface area contributed by atoms with E-state index in [0.29, 0.717) is 17.4 Å². The molecule has 1 aromatic heterocycles. The Morgan fingerprint density at radius 1 is 1.06 bits per heavy atom. The number of nitrogens with two attached hydrogens (primary N) is 1. The van der Waals surface area contributed by atoms with Gasteiger partial charge >= 0.3 is 0 Å². The molecule has 1 saturated heterocycles. The van der Waals surface area contributed by atoms with E-state index in [1.54, 1.807) is 0 Å². The molecular formula is C28H31N3O. The molecule has 2 aromatic rings. The van der Waals surface area contributed by atoms with Gasteiger partial charge < -0.3 is 10.8 Å². The Labute approximate surface area is 189 Å². The molecule has 0 unspecified atom stereocenters. The van der Waals surface area contributed by atoms with E-state index in [0.717, 1.165) is 66.3 Å². The molecule has 3 N–H and O–H groups in total. The Hall–Kier alpha value is -3.11. The highest BCUT2D eigenvalue weighted by Crippen LogP contribution is 2.26. The van der Waals surface area contributed by atoms with Crippen molar-refractivity contribution in [2.45, 2.75) is 38.6 Å². The van der Waals surface area contributed by atoms with Crippen molar-refractivity contribution >= 4 is 23.6 Å². The number of benzene rings is 1. The minimum absolute atomic E-state index is 0.325. The summed E-state index contributed by atoms with van der Waals surface area (Å²) in [6, 6.07) is 10.7. The Morgan fingerprint density at radius 2 is 1.88 bits per heavy atom. The predicted molar refractivity (Wildman–Crippen MR) is 132 cm³/mol. The van der Waals surface area contributed by atoms with Crippen LogP contribution in [-0.2, 0) is 13.0 Å². The molecule has 4 nitrogen and oxygen atoms in total. The first-order valence-electron chi connectivity index (χ1n) is 11.7. The molecule has 0 atom stereocenters. The van der Waals surface area contributed by atoms with E-state index in [9.17, 15) is 5.11 Å². The number of nitrogens with zero attached hydrogens (tertiary/aromatic N) is 2. The zero-order valence-electron chi connectivity index (χ0n) is 18.5. The van der Waals surface area contributed by atoms with Gasteiger partial charge in [-0.1, -0.05) is 60.7 Å². The summed E-state index contributed by atoms with van der Waals surface area (Å²) in [5, 5.41) is 12.7. The number of likely N-dealkylation sites (tertiary alicyclic amines) is 1. The lowest BCUT2D eigenvalue weighted by atomic mass is 9.89. The summed E-state index contributed by atoms with van der Waals surface area (Å²) in [7, 11) is 0. The molecule has 2 aliphatic carbocycles. The fourth-order valence-electron chi connectivity index (χ4n) is 5.06. The number of aryl methyl sites for hydroxylation is 1. The molecule has 32 heavy (non-hydrogen) atoms. The number of hydrogen-bond acceptors (Lipinski definition) is 4. The van der Waals surface area contributed by atoms with Gasteiger partial charge in [0.1, 0.15) is 5.76 Å². The van der Waals surface area contributed by atoms with E-state index in [2.05, 4.69) is 41.3 Å². The van der Waals surface area contributed by atoms with Gasteiger partial charge in [-0.15, -0.1) is 0 Å². The third kappa shape index (κ3) is 4.28. The van der Waals surface area contributed by atoms with E-state index < -0.39 is 0 Å². The number of piperidine rings is 1. The molecule has 1 aliphatic heterocycles. The summed E-state index contributed by atoms with van der Waals surface area (Å²) in [6.45, 7) is 3.32. The van der Waals surface area contributed by atoms with Gasteiger partial charge in [-0.3, -0.25) is 9.88 Å². The quantitative estimate of drug-likeness (QED) is 0.781. The molecular weight excluding hydrogens is 394 g/mol. The number of anilines is 1. The number of aromatic nitrogens is 1. The van der Waals surface area contributed by atoms with Crippen molar-refractivity contribution in [3.63, 3.8) is 0 Å². The zero-order chi connectivity index (χ0) is 21.9. The third-order valence-electron chi connectivity index (χ3n) is 6.94. The smallest absolute Gasteiger partial charge is 0.129 e. The van der Waals surface area contributed by atoms with Crippen LogP contribution in [0.4, 0.5) is 5.69 Å². The van der Waals surface area contributed by atoms with Crippen LogP contribution in [0.1, 0.15) is 42.5 Å². The van der Waals surface area contributed by atoms with Crippen LogP contribution in [0.25, 0.3) is 17.9 Å². The molecule has 0 saturated carbocycles. The molecule has 1 fully saturated rings. The number of nitrogen functional groups attached to an aromatic ring is 1. The van der Waals surface area contributed by atoms with E-state index in [4.69, 9.17) is 10.7 Å². The molecule has 0 radical (unpaired) electrons. The summed E-state index contributed by atoms with van der Waals surface area (Å²) < 4.78 is 0. The minimum atomic E-state index is 0.325. The molecule has 1 aromatic carbocycles. The summed E-state index contributed by atoms with van der Waals surface area (Å²) in [5.74, 6) is 1.00. The largest absolute Gasteiger partial charge is 0.507 e. The van der Waals surface area contributed by atoms with Crippen molar-refractivity contribution in [2.24, 2.45) is 5.92 Å². The summed E-state index contributed by atoms with van der Waals surface area (Å²) >= 11 is 0. The second-order valence-corrected chi connectivity index (χ2v) is 9.08. The van der Waals surface area contributed by atoms with E-state index in [1.807, 2.05) is 30.4 Å². The first-order chi connectivity index (χ1) is 15.7. The highest BCUT2D eigenvalue weighted by atomic mass is 16.3. The van der Waals surface area contributed by atoms with Gasteiger partial charge in [0.15, 0.2) is 0 Å². The number of rotatable bonds is 4. The van der Waals surface area contributed by atoms with E-state index in [1.165, 1.54) is 18.4 Å². The van der Waals surface area contributed by atoms with Gasteiger partial charge in [-0.05, 0) is 68.3 Å². The third-order valence-corrected chi connectivity index (χ3v) is 6.94. The Morgan fingerprint density at radius 3 is 2.69 bits per heavy atom. The van der Waals surface area contributed by atoms with Crippen LogP contribution in [-0.4, -0.2) is 28.1 Å². The first kappa shape index (κ1) is 20.8. The van der Waals surface area contributed by atoms with Crippen LogP contribution in [0.2, 0.25) is 0 Å². The molecule has 0 bridgehead atoms. The van der Waals surface area contributed by atoms with Gasteiger partial charge in [0.2, 0.25) is 0 Å². The van der Waals surface area contributed by atoms with Crippen LogP contribution in [0.15, 0.2) is 60.2 Å². The van der Waals surface area contributed by atoms with Gasteiger partial charge in [0.05, 0.1) is 21.9 Å². The number of fused-ring (bicyclic) bond motifs is 2. The second-order valence-electron chi connectivity index (χ2n) is 9.08. The lowest BCUT2D eigenvalue weighted by Crippen LogP contribution is -2.33. The normalized spacial score (nSPS) is 20.0. The number of allylic oxidation sites excluding steroid dienone is 4. The summed E-state index contributed by atoms with van der Waals surface area (Å²) in [5.41, 5.74) is 11.4. The molecule has 0 spiro atoms. The van der Waals surface area contributed by atoms with Crippen molar-refractivity contribution in [1.82, 2.24) is 9.88 Å². The number of hydrogen-bond donors (Lipinski definition) is 2. The van der Waals surface area contributed by atoms with Crippen molar-refractivity contribution in [2.75, 3.05) is 18.8 Å². The van der Waals surface area contributed by atoms with Gasteiger partial charge in [-0.2, -0.15) is 0 Å². The summed E-state index contributed by atoms with van der Waals surface area (Å²) in [4.78, 5) is 7.35. The Kier molecular flexibility index (Phi) is 5.95. The topological polar surface area (TPSA) is 62.4 Å². The Balaban J connectivity index is 1.29. The minimum Gasteiger partial charge on any atom is -0.507 e. The van der Waals surface area contributed by atoms with E-state index in [-0.39, 0.29) is 0 Å². The lowest BCUT2D eigenvalue weighted by molar-refractivity contribution is 0.178. The van der Waals surface area contributed by atoms with Crippen molar-refractivity contribution in [3.8, 4) is 0 Å². The van der Waals surface area contributed by atoms with E-state index >= 15 is 0 Å². The van der Waals surface area contributed by atoms with Crippen molar-refractivity contribution < 1.29 is 5.11 Å². The maximum Gasteiger partial charge on any atom is 0.129 e. The first-order valence-corrected chi connectivity index (χ1v) is 11.7. The zero-order valence-corrected chi connectivity index (χ0v) is 18.5. The van der Waals surface area contributed by atoms with Gasteiger partial charge in [-0.25, -0.2) is 0 Å². The molecule has 4 heteroatoms. The lowest BCUT2D eigenvalue weighted by Gasteiger charge is -2.31. The maximum atomic E-state index is 11.1. The van der Waals surface area contributed by atoms with Crippen LogP contribution in [0.5, 0.6) is 0 Å². The standard InChI is InChI=1S/C28H31N3O/c29-27-23-9-5-2-6-10-24(23)30-25-14-13-22(28(32)26(25)27)12-11-20-15-17-31(18-16-20)19-21-7-3-1-4-8-21/h1-10,12,20,32H,11,13-19,29H2. The monoisotopic (exact) mass is 425 g/mol. The molecule has 0 amide bonds. The van der Waals surface area contributed by atoms with Crippen LogP contribution >= 0.6 is 0 Å². The predicted octanol–water partition coefficient (Wildman–Crippen LogP) is 3.87. The fraction of sp³-hybridized carbons (Fsp3) is 0.321. The number of pyridine rings is 1. The number of aliphatic hydroxyl groups excluding tert-OH is 1. The highest BCUT2D eigenvalue weighted by molar-refractivity contribution is 5.74. The second kappa shape index (κ2) is 9.17. The van der Waals surface area contributed by atoms with Gasteiger partial charge in [0.25, 0.3) is 0 Å². The average Bonchev–Trinajstić information content (AvgIpc) is 3.06. The highest BCUT2D eigenvalue weighted by Gasteiger charge is 2.22.